The number of hydrogen-bond donors (Lipinski definition) is 3. The van der Waals surface area contributed by atoms with Gasteiger partial charge in [0.2, 0.25) is 5.69 Å². The summed E-state index contributed by atoms with van der Waals surface area (Å²) in [6.07, 6.45) is 0. The van der Waals surface area contributed by atoms with Crippen LogP contribution in [-0.2, 0) is 0 Å². The van der Waals surface area contributed by atoms with Gasteiger partial charge in [-0.1, -0.05) is 0 Å². The molecule has 2 aromatic rings. The Morgan fingerprint density at radius 2 is 2.00 bits per heavy atom. The summed E-state index contributed by atoms with van der Waals surface area (Å²) in [6.45, 7) is 0. The van der Waals surface area contributed by atoms with Gasteiger partial charge < -0.3 is 4.98 Å². The molecule has 0 atom stereocenters. The molecule has 0 radical (unpaired) electrons. The van der Waals surface area contributed by atoms with E-state index in [1.165, 1.54) is 0 Å². The molecule has 2 heterocycles. The van der Waals surface area contributed by atoms with E-state index in [-0.39, 0.29) is 16.9 Å². The SMILES string of the molecule is N#Cc1nc2c(=O)[nH][nH]c2[nH]c1=O. The molecule has 0 aliphatic carbocycles. The maximum Gasteiger partial charge on any atom is 0.292 e. The maximum absolute atomic E-state index is 11.0. The number of aromatic amines is 3. The van der Waals surface area contributed by atoms with Crippen LogP contribution in [0.3, 0.4) is 0 Å². The van der Waals surface area contributed by atoms with Crippen molar-refractivity contribution >= 4 is 11.2 Å². The standard InChI is InChI=1S/C6H3N5O2/c7-1-2-5(12)9-4-3(8-2)6(13)11-10-4/h(H3,9,10,11,12,13). The first kappa shape index (κ1) is 7.30. The molecule has 13 heavy (non-hydrogen) atoms. The molecule has 0 saturated carbocycles. The number of aromatic nitrogens is 4. The van der Waals surface area contributed by atoms with E-state index in [1.54, 1.807) is 6.07 Å². The molecule has 7 nitrogen and oxygen atoms in total. The van der Waals surface area contributed by atoms with Gasteiger partial charge in [-0.3, -0.25) is 19.8 Å². The molecule has 2 aromatic heterocycles. The first-order chi connectivity index (χ1) is 6.22. The summed E-state index contributed by atoms with van der Waals surface area (Å²) in [7, 11) is 0. The van der Waals surface area contributed by atoms with Crippen molar-refractivity contribution in [3.05, 3.63) is 26.4 Å². The molecule has 2 rings (SSSR count). The molecule has 0 fully saturated rings. The van der Waals surface area contributed by atoms with Crippen molar-refractivity contribution in [1.82, 2.24) is 20.2 Å². The minimum atomic E-state index is -0.620. The number of nitrogens with one attached hydrogen (secondary N) is 3. The van der Waals surface area contributed by atoms with E-state index >= 15 is 0 Å². The van der Waals surface area contributed by atoms with Crippen molar-refractivity contribution in [3.8, 4) is 6.07 Å². The Kier molecular flexibility index (Phi) is 1.30. The number of nitrogens with zero attached hydrogens (tertiary/aromatic N) is 2. The third-order valence-electron chi connectivity index (χ3n) is 1.54. The van der Waals surface area contributed by atoms with Gasteiger partial charge in [0, 0.05) is 0 Å². The van der Waals surface area contributed by atoms with Gasteiger partial charge in [-0.2, -0.15) is 5.26 Å². The lowest BCUT2D eigenvalue weighted by molar-refractivity contribution is 1.06. The predicted molar refractivity (Wildman–Crippen MR) is 42.1 cm³/mol. The lowest BCUT2D eigenvalue weighted by Gasteiger charge is -1.86. The molecule has 64 valence electrons. The Hall–Kier alpha value is -2.36. The molecule has 0 bridgehead atoms. The Balaban J connectivity index is 3.03. The molecule has 0 aliphatic heterocycles. The normalized spacial score (nSPS) is 10.1. The fourth-order valence-electron chi connectivity index (χ4n) is 0.959. The molecular formula is C6H3N5O2. The molecule has 0 amide bonds. The number of nitriles is 1. The van der Waals surface area contributed by atoms with Gasteiger partial charge in [0.1, 0.15) is 6.07 Å². The van der Waals surface area contributed by atoms with Crippen LogP contribution in [0.25, 0.3) is 11.2 Å². The quantitative estimate of drug-likeness (QED) is 0.468. The van der Waals surface area contributed by atoms with Crippen molar-refractivity contribution in [2.75, 3.05) is 0 Å². The highest BCUT2D eigenvalue weighted by Crippen LogP contribution is 1.94. The van der Waals surface area contributed by atoms with Crippen LogP contribution >= 0.6 is 0 Å². The number of H-pyrrole nitrogens is 3. The summed E-state index contributed by atoms with van der Waals surface area (Å²) >= 11 is 0. The van der Waals surface area contributed by atoms with Crippen LogP contribution in [0.4, 0.5) is 0 Å². The molecule has 7 heteroatoms. The maximum atomic E-state index is 11.0. The van der Waals surface area contributed by atoms with Crippen molar-refractivity contribution < 1.29 is 0 Å². The predicted octanol–water partition coefficient (Wildman–Crippen LogP) is -1.19. The van der Waals surface area contributed by atoms with Gasteiger partial charge >= 0.3 is 0 Å². The lowest BCUT2D eigenvalue weighted by Crippen LogP contribution is -2.13. The van der Waals surface area contributed by atoms with Gasteiger partial charge in [0.15, 0.2) is 11.2 Å². The summed E-state index contributed by atoms with van der Waals surface area (Å²) in [6, 6.07) is 1.58. The average Bonchev–Trinajstić information content (AvgIpc) is 2.46. The third-order valence-corrected chi connectivity index (χ3v) is 1.54. The van der Waals surface area contributed by atoms with Crippen molar-refractivity contribution in [3.63, 3.8) is 0 Å². The highest BCUT2D eigenvalue weighted by atomic mass is 16.1. The molecule has 0 saturated heterocycles. The van der Waals surface area contributed by atoms with Crippen molar-refractivity contribution in [2.24, 2.45) is 0 Å². The highest BCUT2D eigenvalue weighted by molar-refractivity contribution is 5.68. The third kappa shape index (κ3) is 0.927. The molecule has 0 spiro atoms. The average molecular weight is 177 g/mol. The zero-order chi connectivity index (χ0) is 9.42. The van der Waals surface area contributed by atoms with E-state index in [2.05, 4.69) is 20.2 Å². The van der Waals surface area contributed by atoms with Gasteiger partial charge in [-0.25, -0.2) is 4.98 Å². The smallest absolute Gasteiger partial charge is 0.292 e. The van der Waals surface area contributed by atoms with Crippen LogP contribution in [0.2, 0.25) is 0 Å². The van der Waals surface area contributed by atoms with Crippen LogP contribution in [0.15, 0.2) is 9.59 Å². The van der Waals surface area contributed by atoms with Gasteiger partial charge in [-0.05, 0) is 0 Å². The van der Waals surface area contributed by atoms with Crippen LogP contribution in [-0.4, -0.2) is 20.2 Å². The first-order valence-electron chi connectivity index (χ1n) is 3.33. The van der Waals surface area contributed by atoms with E-state index in [9.17, 15) is 9.59 Å². The van der Waals surface area contributed by atoms with E-state index in [0.29, 0.717) is 0 Å². The van der Waals surface area contributed by atoms with E-state index in [4.69, 9.17) is 5.26 Å². The summed E-state index contributed by atoms with van der Waals surface area (Å²) in [5, 5.41) is 13.1. The second-order valence-electron chi connectivity index (χ2n) is 2.33. The van der Waals surface area contributed by atoms with Crippen LogP contribution in [0.5, 0.6) is 0 Å². The molecular weight excluding hydrogens is 174 g/mol. The summed E-state index contributed by atoms with van der Waals surface area (Å²) in [4.78, 5) is 27.8. The summed E-state index contributed by atoms with van der Waals surface area (Å²) < 4.78 is 0. The molecule has 0 aliphatic rings. The van der Waals surface area contributed by atoms with Crippen LogP contribution < -0.4 is 11.1 Å². The number of hydrogen-bond acceptors (Lipinski definition) is 4. The lowest BCUT2D eigenvalue weighted by atomic mass is 10.4. The number of rotatable bonds is 0. The van der Waals surface area contributed by atoms with Crippen LogP contribution in [0, 0.1) is 11.3 Å². The van der Waals surface area contributed by atoms with Crippen molar-refractivity contribution in [1.29, 1.82) is 5.26 Å². The fourth-order valence-corrected chi connectivity index (χ4v) is 0.959. The monoisotopic (exact) mass is 177 g/mol. The first-order valence-corrected chi connectivity index (χ1v) is 3.33. The minimum absolute atomic E-state index is 0.0242. The number of fused-ring (bicyclic) bond motifs is 1. The van der Waals surface area contributed by atoms with Gasteiger partial charge in [-0.15, -0.1) is 0 Å². The Morgan fingerprint density at radius 3 is 2.69 bits per heavy atom. The Morgan fingerprint density at radius 1 is 1.23 bits per heavy atom. The summed E-state index contributed by atoms with van der Waals surface area (Å²) in [5.74, 6) is 0. The molecule has 3 N–H and O–H groups in total. The second kappa shape index (κ2) is 2.31. The van der Waals surface area contributed by atoms with E-state index in [1.807, 2.05) is 0 Å². The molecule has 0 unspecified atom stereocenters. The van der Waals surface area contributed by atoms with Gasteiger partial charge in [0.25, 0.3) is 11.1 Å². The fraction of sp³-hybridized carbons (Fsp3) is 0. The Bertz CT molecular complexity index is 610. The topological polar surface area (TPSA) is 118 Å². The largest absolute Gasteiger partial charge is 0.303 e. The van der Waals surface area contributed by atoms with Crippen LogP contribution in [0.1, 0.15) is 5.69 Å². The van der Waals surface area contributed by atoms with Gasteiger partial charge in [0.05, 0.1) is 0 Å². The minimum Gasteiger partial charge on any atom is -0.303 e. The second-order valence-corrected chi connectivity index (χ2v) is 2.33. The highest BCUT2D eigenvalue weighted by Gasteiger charge is 2.07. The zero-order valence-corrected chi connectivity index (χ0v) is 6.21. The van der Waals surface area contributed by atoms with E-state index in [0.717, 1.165) is 0 Å². The summed E-state index contributed by atoms with van der Waals surface area (Å²) in [5.41, 5.74) is -1.20. The van der Waals surface area contributed by atoms with E-state index < -0.39 is 11.1 Å². The molecule has 0 aromatic carbocycles. The van der Waals surface area contributed by atoms with Crippen molar-refractivity contribution in [2.45, 2.75) is 0 Å². The Labute approximate surface area is 70.0 Å². The zero-order valence-electron chi connectivity index (χ0n) is 6.21.